The third-order valence-electron chi connectivity index (χ3n) is 0.381. The molecule has 5 heteroatoms. The van der Waals surface area contributed by atoms with E-state index < -0.39 is 0 Å². The van der Waals surface area contributed by atoms with Gasteiger partial charge in [0.2, 0.25) is 0 Å². The van der Waals surface area contributed by atoms with Gasteiger partial charge < -0.3 is 0 Å². The zero-order valence-electron chi connectivity index (χ0n) is 4.70. The summed E-state index contributed by atoms with van der Waals surface area (Å²) in [6, 6.07) is 0. The molecule has 8 heavy (non-hydrogen) atoms. The van der Waals surface area contributed by atoms with Crippen molar-refractivity contribution in [2.24, 2.45) is 0 Å². The molecule has 0 saturated carbocycles. The SMILES string of the molecule is [B]B=BOSC=CC. The normalized spacial score (nSPS) is 9.12. The van der Waals surface area contributed by atoms with Gasteiger partial charge in [0.25, 0.3) is 0 Å². The molecule has 0 spiro atoms. The minimum atomic E-state index is 1.23. The first-order valence-electron chi connectivity index (χ1n) is 2.22. The van der Waals surface area contributed by atoms with Gasteiger partial charge in [-0.15, -0.1) is 0 Å². The van der Waals surface area contributed by atoms with Crippen molar-refractivity contribution < 1.29 is 4.10 Å². The first kappa shape index (κ1) is 8.08. The molecule has 0 saturated heterocycles. The molecule has 0 aliphatic rings. The van der Waals surface area contributed by atoms with Crippen LogP contribution in [-0.2, 0) is 4.10 Å². The Morgan fingerprint density at radius 2 is 2.50 bits per heavy atom. The third kappa shape index (κ3) is 6.08. The van der Waals surface area contributed by atoms with Crippen molar-refractivity contribution in [3.63, 3.8) is 0 Å². The van der Waals surface area contributed by atoms with Gasteiger partial charge in [0.05, 0.1) is 0 Å². The van der Waals surface area contributed by atoms with Crippen LogP contribution in [0.2, 0.25) is 0 Å². The summed E-state index contributed by atoms with van der Waals surface area (Å²) >= 11 is 1.23. The summed E-state index contributed by atoms with van der Waals surface area (Å²) in [7, 11) is 6.39. The van der Waals surface area contributed by atoms with Crippen LogP contribution in [0.1, 0.15) is 6.92 Å². The quantitative estimate of drug-likeness (QED) is 0.306. The number of hydrogen-bond donors (Lipinski definition) is 0. The van der Waals surface area contributed by atoms with Crippen LogP contribution in [0, 0.1) is 0 Å². The van der Waals surface area contributed by atoms with Gasteiger partial charge in [0, 0.05) is 0 Å². The van der Waals surface area contributed by atoms with Crippen molar-refractivity contribution in [2.75, 3.05) is 0 Å². The topological polar surface area (TPSA) is 9.23 Å². The molecule has 0 rings (SSSR count). The van der Waals surface area contributed by atoms with Crippen molar-refractivity contribution in [3.05, 3.63) is 11.5 Å². The number of hydrogen-bond acceptors (Lipinski definition) is 2. The predicted octanol–water partition coefficient (Wildman–Crippen LogP) is 0.507. The van der Waals surface area contributed by atoms with Gasteiger partial charge in [-0.1, -0.05) is 0 Å². The second kappa shape index (κ2) is 7.08. The molecule has 38 valence electrons. The Kier molecular flexibility index (Phi) is 7.16. The van der Waals surface area contributed by atoms with Crippen LogP contribution < -0.4 is 0 Å². The zero-order valence-corrected chi connectivity index (χ0v) is 5.52. The van der Waals surface area contributed by atoms with Crippen LogP contribution in [0.15, 0.2) is 11.5 Å². The molecule has 0 aromatic carbocycles. The summed E-state index contributed by atoms with van der Waals surface area (Å²) in [5.41, 5.74) is 0. The molecule has 0 fully saturated rings. The van der Waals surface area contributed by atoms with E-state index in [1.165, 1.54) is 25.7 Å². The molecule has 0 atom stereocenters. The minimum absolute atomic E-state index is 1.23. The molecule has 0 bridgehead atoms. The molecular weight excluding hydrogens is 117 g/mol. The predicted molar refractivity (Wildman–Crippen MR) is 40.8 cm³/mol. The van der Waals surface area contributed by atoms with E-state index in [9.17, 15) is 0 Å². The van der Waals surface area contributed by atoms with Gasteiger partial charge in [-0.3, -0.25) is 0 Å². The molecule has 2 radical (unpaired) electrons. The van der Waals surface area contributed by atoms with E-state index in [-0.39, 0.29) is 0 Å². The standard InChI is InChI=1S/C3H5B3OS/c1-2-3-8-7-6-5-4/h2-3H,1H3. The Morgan fingerprint density at radius 1 is 1.75 bits per heavy atom. The van der Waals surface area contributed by atoms with Gasteiger partial charge in [0.1, 0.15) is 0 Å². The van der Waals surface area contributed by atoms with Crippen molar-refractivity contribution in [3.8, 4) is 0 Å². The van der Waals surface area contributed by atoms with Crippen LogP contribution in [0.25, 0.3) is 0 Å². The van der Waals surface area contributed by atoms with Crippen LogP contribution >= 0.6 is 12.0 Å². The molecule has 0 N–H and O–H groups in total. The summed E-state index contributed by atoms with van der Waals surface area (Å²) in [5.74, 6) is 0. The van der Waals surface area contributed by atoms with E-state index in [1.807, 2.05) is 18.4 Å². The second-order valence-electron chi connectivity index (χ2n) is 0.990. The third-order valence-corrected chi connectivity index (χ3v) is 0.987. The maximum absolute atomic E-state index is 4.97. The molecule has 0 amide bonds. The summed E-state index contributed by atoms with van der Waals surface area (Å²) < 4.78 is 4.75. The van der Waals surface area contributed by atoms with Crippen LogP contribution in [0.3, 0.4) is 0 Å². The van der Waals surface area contributed by atoms with Gasteiger partial charge >= 0.3 is 56.0 Å². The Labute approximate surface area is 56.6 Å². The molecular formula is C3H5B3OS. The summed E-state index contributed by atoms with van der Waals surface area (Å²) in [5, 5.41) is 1.82. The molecule has 0 aliphatic carbocycles. The van der Waals surface area contributed by atoms with Gasteiger partial charge in [-0.05, 0) is 0 Å². The van der Waals surface area contributed by atoms with Gasteiger partial charge in [-0.2, -0.15) is 0 Å². The first-order valence-corrected chi connectivity index (χ1v) is 3.02. The van der Waals surface area contributed by atoms with E-state index >= 15 is 0 Å². The van der Waals surface area contributed by atoms with Crippen LogP contribution in [-0.4, -0.2) is 21.4 Å². The maximum atomic E-state index is 4.97. The fraction of sp³-hybridized carbons (Fsp3) is 0.333. The summed E-state index contributed by atoms with van der Waals surface area (Å²) in [4.78, 5) is 0. The fourth-order valence-electron chi connectivity index (χ4n) is 0.152. The summed E-state index contributed by atoms with van der Waals surface area (Å²) in [6.07, 6.45) is 1.88. The van der Waals surface area contributed by atoms with Crippen LogP contribution in [0.5, 0.6) is 0 Å². The van der Waals surface area contributed by atoms with E-state index in [0.717, 1.165) is 0 Å². The van der Waals surface area contributed by atoms with Crippen LogP contribution in [0.4, 0.5) is 0 Å². The van der Waals surface area contributed by atoms with Crippen molar-refractivity contribution >= 4 is 33.5 Å². The first-order chi connectivity index (χ1) is 3.91. The summed E-state index contributed by atoms with van der Waals surface area (Å²) in [6.45, 7) is 3.26. The van der Waals surface area contributed by atoms with Gasteiger partial charge in [-0.25, -0.2) is 0 Å². The number of rotatable bonds is 3. The Hall–Kier alpha value is 0.0848. The van der Waals surface area contributed by atoms with Crippen molar-refractivity contribution in [1.29, 1.82) is 0 Å². The van der Waals surface area contributed by atoms with E-state index in [2.05, 4.69) is 0 Å². The zero-order chi connectivity index (χ0) is 6.24. The van der Waals surface area contributed by atoms with Gasteiger partial charge in [0.15, 0.2) is 0 Å². The average molecular weight is 122 g/mol. The van der Waals surface area contributed by atoms with E-state index in [0.29, 0.717) is 0 Å². The molecule has 0 aliphatic heterocycles. The molecule has 0 aromatic heterocycles. The van der Waals surface area contributed by atoms with E-state index in [4.69, 9.17) is 11.8 Å². The molecule has 0 aromatic rings. The van der Waals surface area contributed by atoms with E-state index in [1.54, 1.807) is 0 Å². The number of allylic oxidation sites excluding steroid dienone is 1. The Balaban J connectivity index is 2.93. The Bertz CT molecular complexity index is 80.5. The molecule has 0 unspecified atom stereocenters. The molecule has 0 heterocycles. The molecule has 1 nitrogen and oxygen atoms in total. The van der Waals surface area contributed by atoms with Crippen molar-refractivity contribution in [2.45, 2.75) is 6.92 Å². The Morgan fingerprint density at radius 3 is 3.00 bits per heavy atom. The monoisotopic (exact) mass is 122 g/mol. The average Bonchev–Trinajstić information content (AvgIpc) is 1.81. The second-order valence-corrected chi connectivity index (χ2v) is 1.65. The van der Waals surface area contributed by atoms with Crippen molar-refractivity contribution in [1.82, 2.24) is 0 Å². The fourth-order valence-corrected chi connectivity index (χ4v) is 0.455.